The van der Waals surface area contributed by atoms with Gasteiger partial charge >= 0.3 is 0 Å². The van der Waals surface area contributed by atoms with Gasteiger partial charge in [-0.2, -0.15) is 0 Å². The maximum Gasteiger partial charge on any atom is 0.0107 e. The van der Waals surface area contributed by atoms with Gasteiger partial charge in [-0.15, -0.1) is 0 Å². The van der Waals surface area contributed by atoms with Gasteiger partial charge in [0.2, 0.25) is 0 Å². The molecule has 0 nitrogen and oxygen atoms in total. The lowest BCUT2D eigenvalue weighted by Gasteiger charge is -2.51. The highest BCUT2D eigenvalue weighted by Crippen LogP contribution is 2.70. The number of rotatable bonds is 2. The molecule has 1 rings (SSSR count). The third-order valence-electron chi connectivity index (χ3n) is 3.38. The van der Waals surface area contributed by atoms with E-state index in [-0.39, 0.29) is 13.1 Å². The Bertz CT molecular complexity index is 362. The molecule has 1 aromatic carbocycles. The van der Waals surface area contributed by atoms with Crippen LogP contribution in [0, 0.1) is 0 Å². The van der Waals surface area contributed by atoms with Crippen LogP contribution in [-0.2, 0) is 5.16 Å². The summed E-state index contributed by atoms with van der Waals surface area (Å²) in [5.74, 6) is 0. The predicted octanol–water partition coefficient (Wildman–Crippen LogP) is 6.00. The van der Waals surface area contributed by atoms with Crippen LogP contribution in [0.4, 0.5) is 0 Å². The minimum Gasteiger partial charge on any atom is -0.0853 e. The molecule has 1 heteroatoms. The lowest BCUT2D eigenvalue weighted by molar-refractivity contribution is 0.634. The molecule has 102 valence electrons. The lowest BCUT2D eigenvalue weighted by atomic mass is 10.0. The highest BCUT2D eigenvalue weighted by atomic mass is 31.1. The van der Waals surface area contributed by atoms with Gasteiger partial charge in [-0.25, -0.2) is 0 Å². The first-order valence-electron chi connectivity index (χ1n) is 6.83. The molecule has 18 heavy (non-hydrogen) atoms. The van der Waals surface area contributed by atoms with Gasteiger partial charge in [0, 0.05) is 5.16 Å². The Morgan fingerprint density at radius 3 is 1.39 bits per heavy atom. The second-order valence-corrected chi connectivity index (χ2v) is 12.1. The molecule has 0 spiro atoms. The second-order valence-electron chi connectivity index (χ2n) is 7.60. The Balaban J connectivity index is 3.30. The maximum absolute atomic E-state index is 2.42. The normalized spacial score (nSPS) is 14.1. The zero-order chi connectivity index (χ0) is 14.2. The van der Waals surface area contributed by atoms with E-state index in [9.17, 15) is 0 Å². The summed E-state index contributed by atoms with van der Waals surface area (Å²) in [7, 11) is -0.162. The molecule has 0 bridgehead atoms. The van der Waals surface area contributed by atoms with Crippen molar-refractivity contribution in [3.05, 3.63) is 35.9 Å². The Hall–Kier alpha value is -0.350. The highest BCUT2D eigenvalue weighted by Gasteiger charge is 2.45. The molecule has 0 aliphatic carbocycles. The van der Waals surface area contributed by atoms with Crippen molar-refractivity contribution in [1.29, 1.82) is 0 Å². The molecule has 0 saturated carbocycles. The first-order valence-corrected chi connectivity index (χ1v) is 8.17. The summed E-state index contributed by atoms with van der Waals surface area (Å²) in [6.45, 7) is 19.2. The molecule has 1 aromatic rings. The summed E-state index contributed by atoms with van der Waals surface area (Å²) < 4.78 is 0. The van der Waals surface area contributed by atoms with Crippen LogP contribution >= 0.6 is 7.92 Å². The molecular weight excluding hydrogens is 235 g/mol. The minimum atomic E-state index is -0.162. The van der Waals surface area contributed by atoms with Gasteiger partial charge in [0.25, 0.3) is 0 Å². The van der Waals surface area contributed by atoms with Crippen molar-refractivity contribution in [1.82, 2.24) is 0 Å². The van der Waals surface area contributed by atoms with E-state index in [0.29, 0.717) is 10.3 Å². The summed E-state index contributed by atoms with van der Waals surface area (Å²) in [4.78, 5) is 0. The Morgan fingerprint density at radius 1 is 0.667 bits per heavy atom. The zero-order valence-electron chi connectivity index (χ0n) is 13.3. The topological polar surface area (TPSA) is 0 Å². The first kappa shape index (κ1) is 15.7. The van der Waals surface area contributed by atoms with Gasteiger partial charge in [-0.1, -0.05) is 93.6 Å². The second kappa shape index (κ2) is 4.97. The predicted molar refractivity (Wildman–Crippen MR) is 85.9 cm³/mol. The average Bonchev–Trinajstić information content (AvgIpc) is 2.13. The Labute approximate surface area is 115 Å². The van der Waals surface area contributed by atoms with Gasteiger partial charge < -0.3 is 0 Å². The van der Waals surface area contributed by atoms with Crippen molar-refractivity contribution in [2.75, 3.05) is 0 Å². The molecule has 0 aliphatic rings. The Kier molecular flexibility index (Phi) is 4.34. The van der Waals surface area contributed by atoms with E-state index in [1.165, 1.54) is 5.56 Å². The maximum atomic E-state index is 2.42. The summed E-state index contributed by atoms with van der Waals surface area (Å²) in [6, 6.07) is 11.0. The number of benzene rings is 1. The van der Waals surface area contributed by atoms with Crippen molar-refractivity contribution in [3.63, 3.8) is 0 Å². The summed E-state index contributed by atoms with van der Waals surface area (Å²) in [5.41, 5.74) is 1.47. The molecule has 0 aromatic heterocycles. The monoisotopic (exact) mass is 264 g/mol. The first-order chi connectivity index (χ1) is 7.97. The van der Waals surface area contributed by atoms with Crippen LogP contribution < -0.4 is 0 Å². The van der Waals surface area contributed by atoms with Crippen molar-refractivity contribution in [3.8, 4) is 0 Å². The Morgan fingerprint density at radius 2 is 1.06 bits per heavy atom. The van der Waals surface area contributed by atoms with Crippen LogP contribution in [0.15, 0.2) is 30.3 Å². The van der Waals surface area contributed by atoms with Crippen LogP contribution in [0.1, 0.15) is 61.0 Å². The molecule has 0 amide bonds. The standard InChI is InChI=1S/C17H29P/c1-15(2,3)18(16(4,5)6)17(7,8)14-12-10-9-11-13-14/h9-13H,1-8H3. The molecule has 0 N–H and O–H groups in total. The molecular formula is C17H29P. The van der Waals surface area contributed by atoms with Gasteiger partial charge in [0.05, 0.1) is 0 Å². The quantitative estimate of drug-likeness (QED) is 0.575. The minimum absolute atomic E-state index is 0.162. The molecule has 0 aliphatic heterocycles. The van der Waals surface area contributed by atoms with Crippen LogP contribution in [-0.4, -0.2) is 10.3 Å². The van der Waals surface area contributed by atoms with E-state index in [1.807, 2.05) is 0 Å². The molecule has 0 radical (unpaired) electrons. The largest absolute Gasteiger partial charge is 0.0853 e. The van der Waals surface area contributed by atoms with E-state index in [4.69, 9.17) is 0 Å². The van der Waals surface area contributed by atoms with Crippen LogP contribution in [0.2, 0.25) is 0 Å². The lowest BCUT2D eigenvalue weighted by Crippen LogP contribution is -2.35. The summed E-state index contributed by atoms with van der Waals surface area (Å²) in [6.07, 6.45) is 0. The fourth-order valence-electron chi connectivity index (χ4n) is 3.66. The van der Waals surface area contributed by atoms with E-state index >= 15 is 0 Å². The van der Waals surface area contributed by atoms with Crippen molar-refractivity contribution < 1.29 is 0 Å². The van der Waals surface area contributed by atoms with Crippen LogP contribution in [0.25, 0.3) is 0 Å². The average molecular weight is 264 g/mol. The summed E-state index contributed by atoms with van der Waals surface area (Å²) >= 11 is 0. The smallest absolute Gasteiger partial charge is 0.0107 e. The third kappa shape index (κ3) is 3.35. The summed E-state index contributed by atoms with van der Waals surface area (Å²) in [5, 5.41) is 0.951. The fourth-order valence-corrected chi connectivity index (χ4v) is 9.43. The van der Waals surface area contributed by atoms with E-state index in [2.05, 4.69) is 85.7 Å². The molecule has 0 fully saturated rings. The van der Waals surface area contributed by atoms with Gasteiger partial charge in [-0.05, 0) is 15.9 Å². The molecule has 0 heterocycles. The SMILES string of the molecule is CC(C)(C)P(C(C)(C)C)C(C)(C)c1ccccc1. The fraction of sp³-hybridized carbons (Fsp3) is 0.647. The van der Waals surface area contributed by atoms with Crippen LogP contribution in [0.3, 0.4) is 0 Å². The zero-order valence-corrected chi connectivity index (χ0v) is 14.2. The number of hydrogen-bond acceptors (Lipinski definition) is 0. The molecule has 0 saturated heterocycles. The van der Waals surface area contributed by atoms with E-state index in [0.717, 1.165) is 0 Å². The van der Waals surface area contributed by atoms with Crippen molar-refractivity contribution in [2.24, 2.45) is 0 Å². The molecule has 0 atom stereocenters. The third-order valence-corrected chi connectivity index (χ3v) is 7.44. The molecule has 0 unspecified atom stereocenters. The van der Waals surface area contributed by atoms with E-state index in [1.54, 1.807) is 0 Å². The number of hydrogen-bond donors (Lipinski definition) is 0. The van der Waals surface area contributed by atoms with Crippen molar-refractivity contribution in [2.45, 2.75) is 70.9 Å². The van der Waals surface area contributed by atoms with Crippen molar-refractivity contribution >= 4 is 7.92 Å². The van der Waals surface area contributed by atoms with Gasteiger partial charge in [0.15, 0.2) is 0 Å². The van der Waals surface area contributed by atoms with Gasteiger partial charge in [-0.3, -0.25) is 0 Å². The highest BCUT2D eigenvalue weighted by molar-refractivity contribution is 7.62. The van der Waals surface area contributed by atoms with E-state index < -0.39 is 0 Å². The van der Waals surface area contributed by atoms with Crippen LogP contribution in [0.5, 0.6) is 0 Å². The van der Waals surface area contributed by atoms with Gasteiger partial charge in [0.1, 0.15) is 0 Å².